The minimum atomic E-state index is -0.0848. The molecule has 1 aromatic carbocycles. The molecule has 2 unspecified atom stereocenters. The highest BCUT2D eigenvalue weighted by atomic mass is 127. The van der Waals surface area contributed by atoms with Crippen molar-refractivity contribution in [3.63, 3.8) is 0 Å². The Morgan fingerprint density at radius 3 is 2.50 bits per heavy atom. The lowest BCUT2D eigenvalue weighted by Crippen LogP contribution is -2.18. The van der Waals surface area contributed by atoms with Gasteiger partial charge >= 0.3 is 0 Å². The third-order valence-corrected chi connectivity index (χ3v) is 4.64. The van der Waals surface area contributed by atoms with E-state index in [1.165, 1.54) is 9.13 Å². The van der Waals surface area contributed by atoms with Crippen LogP contribution in [0.4, 0.5) is 0 Å². The molecular formula is C11H12BrIO. The van der Waals surface area contributed by atoms with Gasteiger partial charge in [-0.1, -0.05) is 41.1 Å². The molecule has 0 saturated heterocycles. The van der Waals surface area contributed by atoms with Crippen LogP contribution in [0.1, 0.15) is 25.3 Å². The quantitative estimate of drug-likeness (QED) is 0.588. The first kappa shape index (κ1) is 12.2. The molecule has 1 nitrogen and oxygen atoms in total. The number of halogens is 2. The van der Waals surface area contributed by atoms with Crippen molar-refractivity contribution >= 4 is 44.3 Å². The van der Waals surface area contributed by atoms with Gasteiger partial charge in [0.05, 0.1) is 4.83 Å². The standard InChI is InChI=1S/C11H12BrIO/c1-7(11(12)8(2)14)9-5-3-4-6-10(9)13/h3-7,11H,1-2H3. The Morgan fingerprint density at radius 1 is 1.43 bits per heavy atom. The SMILES string of the molecule is CC(=O)C(Br)C(C)c1ccccc1I. The average Bonchev–Trinajstić information content (AvgIpc) is 2.16. The van der Waals surface area contributed by atoms with Crippen molar-refractivity contribution in [2.75, 3.05) is 0 Å². The molecule has 76 valence electrons. The molecule has 0 aliphatic carbocycles. The van der Waals surface area contributed by atoms with Gasteiger partial charge in [0.25, 0.3) is 0 Å². The summed E-state index contributed by atoms with van der Waals surface area (Å²) >= 11 is 5.73. The number of ketones is 1. The molecule has 0 aliphatic heterocycles. The number of rotatable bonds is 3. The highest BCUT2D eigenvalue weighted by Crippen LogP contribution is 2.28. The zero-order valence-electron chi connectivity index (χ0n) is 8.13. The van der Waals surface area contributed by atoms with E-state index in [0.717, 1.165) is 0 Å². The second kappa shape index (κ2) is 5.26. The van der Waals surface area contributed by atoms with Crippen LogP contribution in [0.5, 0.6) is 0 Å². The van der Waals surface area contributed by atoms with Crippen LogP contribution in [0.3, 0.4) is 0 Å². The predicted octanol–water partition coefficient (Wildman–Crippen LogP) is 3.75. The van der Waals surface area contributed by atoms with Crippen molar-refractivity contribution < 1.29 is 4.79 Å². The van der Waals surface area contributed by atoms with Crippen molar-refractivity contribution in [1.82, 2.24) is 0 Å². The zero-order chi connectivity index (χ0) is 10.7. The fraction of sp³-hybridized carbons (Fsp3) is 0.364. The number of carbonyl (C=O) groups excluding carboxylic acids is 1. The highest BCUT2D eigenvalue weighted by Gasteiger charge is 2.21. The maximum atomic E-state index is 11.2. The summed E-state index contributed by atoms with van der Waals surface area (Å²) in [5, 5.41) is 0. The van der Waals surface area contributed by atoms with Gasteiger partial charge in [0.15, 0.2) is 0 Å². The second-order valence-electron chi connectivity index (χ2n) is 3.32. The maximum absolute atomic E-state index is 11.2. The first-order valence-corrected chi connectivity index (χ1v) is 6.42. The Bertz CT molecular complexity index is 338. The number of carbonyl (C=O) groups is 1. The van der Waals surface area contributed by atoms with Gasteiger partial charge in [-0.2, -0.15) is 0 Å². The number of hydrogen-bond donors (Lipinski definition) is 0. The van der Waals surface area contributed by atoms with Gasteiger partial charge in [-0.15, -0.1) is 0 Å². The van der Waals surface area contributed by atoms with E-state index < -0.39 is 0 Å². The van der Waals surface area contributed by atoms with Crippen LogP contribution >= 0.6 is 38.5 Å². The zero-order valence-corrected chi connectivity index (χ0v) is 11.9. The summed E-state index contributed by atoms with van der Waals surface area (Å²) in [7, 11) is 0. The van der Waals surface area contributed by atoms with E-state index in [-0.39, 0.29) is 16.5 Å². The molecule has 0 saturated carbocycles. The maximum Gasteiger partial charge on any atom is 0.144 e. The van der Waals surface area contributed by atoms with Gasteiger partial charge in [-0.05, 0) is 41.1 Å². The van der Waals surface area contributed by atoms with E-state index in [4.69, 9.17) is 0 Å². The normalized spacial score (nSPS) is 14.9. The molecule has 0 aromatic heterocycles. The van der Waals surface area contributed by atoms with Gasteiger partial charge < -0.3 is 0 Å². The highest BCUT2D eigenvalue weighted by molar-refractivity contribution is 14.1. The fourth-order valence-electron chi connectivity index (χ4n) is 1.35. The molecule has 0 bridgehead atoms. The van der Waals surface area contributed by atoms with E-state index in [1.54, 1.807) is 6.92 Å². The summed E-state index contributed by atoms with van der Waals surface area (Å²) < 4.78 is 1.21. The first-order chi connectivity index (χ1) is 6.54. The molecule has 0 amide bonds. The number of Topliss-reactive ketones (excluding diaryl/α,β-unsaturated/α-hetero) is 1. The molecule has 0 fully saturated rings. The van der Waals surface area contributed by atoms with E-state index in [2.05, 4.69) is 57.6 Å². The molecule has 2 atom stereocenters. The monoisotopic (exact) mass is 366 g/mol. The summed E-state index contributed by atoms with van der Waals surface area (Å²) in [6.45, 7) is 3.68. The largest absolute Gasteiger partial charge is 0.299 e. The number of alkyl halides is 1. The van der Waals surface area contributed by atoms with Gasteiger partial charge in [-0.25, -0.2) is 0 Å². The Balaban J connectivity index is 2.94. The van der Waals surface area contributed by atoms with E-state index in [1.807, 2.05) is 12.1 Å². The lowest BCUT2D eigenvalue weighted by molar-refractivity contribution is -0.116. The molecule has 1 rings (SSSR count). The third-order valence-electron chi connectivity index (χ3n) is 2.22. The van der Waals surface area contributed by atoms with E-state index >= 15 is 0 Å². The van der Waals surface area contributed by atoms with Crippen LogP contribution < -0.4 is 0 Å². The molecule has 0 aliphatic rings. The van der Waals surface area contributed by atoms with Crippen LogP contribution in [0.2, 0.25) is 0 Å². The lowest BCUT2D eigenvalue weighted by atomic mass is 9.96. The topological polar surface area (TPSA) is 17.1 Å². The van der Waals surface area contributed by atoms with E-state index in [9.17, 15) is 4.79 Å². The van der Waals surface area contributed by atoms with Crippen LogP contribution in [0, 0.1) is 3.57 Å². The number of benzene rings is 1. The Hall–Kier alpha value is 0.100. The molecule has 0 spiro atoms. The van der Waals surface area contributed by atoms with Crippen molar-refractivity contribution in [2.45, 2.75) is 24.6 Å². The molecule has 3 heteroatoms. The van der Waals surface area contributed by atoms with Crippen LogP contribution in [-0.4, -0.2) is 10.6 Å². The molecule has 0 heterocycles. The van der Waals surface area contributed by atoms with Gasteiger partial charge in [0.1, 0.15) is 5.78 Å². The average molecular weight is 367 g/mol. The Labute approximate surface area is 107 Å². The van der Waals surface area contributed by atoms with Crippen LogP contribution in [-0.2, 0) is 4.79 Å². The summed E-state index contributed by atoms with van der Waals surface area (Å²) in [4.78, 5) is 11.1. The molecule has 0 N–H and O–H groups in total. The van der Waals surface area contributed by atoms with Crippen LogP contribution in [0.15, 0.2) is 24.3 Å². The molecular weight excluding hydrogens is 355 g/mol. The summed E-state index contributed by atoms with van der Waals surface area (Å²) in [6.07, 6.45) is 0. The lowest BCUT2D eigenvalue weighted by Gasteiger charge is -2.17. The minimum absolute atomic E-state index is 0.0848. The Kier molecular flexibility index (Phi) is 4.57. The summed E-state index contributed by atoms with van der Waals surface area (Å²) in [6, 6.07) is 8.15. The van der Waals surface area contributed by atoms with Gasteiger partial charge in [0, 0.05) is 9.49 Å². The van der Waals surface area contributed by atoms with Crippen molar-refractivity contribution in [1.29, 1.82) is 0 Å². The third kappa shape index (κ3) is 2.79. The Morgan fingerprint density at radius 2 is 2.00 bits per heavy atom. The fourth-order valence-corrected chi connectivity index (χ4v) is 2.52. The number of hydrogen-bond acceptors (Lipinski definition) is 1. The molecule has 0 radical (unpaired) electrons. The van der Waals surface area contributed by atoms with Gasteiger partial charge in [-0.3, -0.25) is 4.79 Å². The van der Waals surface area contributed by atoms with Crippen molar-refractivity contribution in [3.05, 3.63) is 33.4 Å². The molecule has 1 aromatic rings. The van der Waals surface area contributed by atoms with E-state index in [0.29, 0.717) is 0 Å². The smallest absolute Gasteiger partial charge is 0.144 e. The van der Waals surface area contributed by atoms with Crippen molar-refractivity contribution in [3.8, 4) is 0 Å². The van der Waals surface area contributed by atoms with Crippen molar-refractivity contribution in [2.24, 2.45) is 0 Å². The second-order valence-corrected chi connectivity index (χ2v) is 5.47. The molecule has 14 heavy (non-hydrogen) atoms. The van der Waals surface area contributed by atoms with Crippen LogP contribution in [0.25, 0.3) is 0 Å². The predicted molar refractivity (Wildman–Crippen MR) is 71.0 cm³/mol. The van der Waals surface area contributed by atoms with Gasteiger partial charge in [0.2, 0.25) is 0 Å². The summed E-state index contributed by atoms with van der Waals surface area (Å²) in [5.74, 6) is 0.401. The minimum Gasteiger partial charge on any atom is -0.299 e. The summed E-state index contributed by atoms with van der Waals surface area (Å²) in [5.41, 5.74) is 1.23. The first-order valence-electron chi connectivity index (χ1n) is 4.43.